The second kappa shape index (κ2) is 4.73. The zero-order valence-electron chi connectivity index (χ0n) is 10.5. The van der Waals surface area contributed by atoms with Gasteiger partial charge in [0, 0.05) is 18.1 Å². The van der Waals surface area contributed by atoms with Gasteiger partial charge in [-0.1, -0.05) is 37.6 Å². The zero-order chi connectivity index (χ0) is 11.5. The maximum Gasteiger partial charge on any atom is 0.104 e. The number of hydrogen-bond donors (Lipinski definition) is 0. The molecule has 1 aromatic rings. The van der Waals surface area contributed by atoms with Gasteiger partial charge in [-0.05, 0) is 24.1 Å². The van der Waals surface area contributed by atoms with Crippen LogP contribution in [0.15, 0.2) is 18.2 Å². The van der Waals surface area contributed by atoms with Crippen LogP contribution in [0.5, 0.6) is 0 Å². The topological polar surface area (TPSA) is 9.23 Å². The fourth-order valence-electron chi connectivity index (χ4n) is 2.48. The molecular formula is C15H20O. The molecule has 0 saturated heterocycles. The van der Waals surface area contributed by atoms with Crippen molar-refractivity contribution in [1.82, 2.24) is 0 Å². The monoisotopic (exact) mass is 216 g/mol. The van der Waals surface area contributed by atoms with E-state index in [1.54, 1.807) is 0 Å². The van der Waals surface area contributed by atoms with Gasteiger partial charge in [0.15, 0.2) is 0 Å². The highest BCUT2D eigenvalue weighted by Gasteiger charge is 2.15. The molecule has 1 aromatic carbocycles. The van der Waals surface area contributed by atoms with Crippen LogP contribution in [-0.2, 0) is 11.2 Å². The van der Waals surface area contributed by atoms with Crippen LogP contribution in [0.2, 0.25) is 0 Å². The minimum atomic E-state index is 0.866. The van der Waals surface area contributed by atoms with Gasteiger partial charge in [-0.2, -0.15) is 0 Å². The second-order valence-corrected chi connectivity index (χ2v) is 4.14. The molecule has 0 spiro atoms. The van der Waals surface area contributed by atoms with Gasteiger partial charge in [0.05, 0.1) is 6.61 Å². The van der Waals surface area contributed by atoms with Crippen LogP contribution in [-0.4, -0.2) is 6.61 Å². The van der Waals surface area contributed by atoms with E-state index in [2.05, 4.69) is 25.1 Å². The van der Waals surface area contributed by atoms with E-state index in [0.29, 0.717) is 0 Å². The van der Waals surface area contributed by atoms with Gasteiger partial charge in [0.25, 0.3) is 0 Å². The van der Waals surface area contributed by atoms with Gasteiger partial charge in [0.1, 0.15) is 5.76 Å². The summed E-state index contributed by atoms with van der Waals surface area (Å²) in [5, 5.41) is 2.82. The fraction of sp³-hybridized carbons (Fsp3) is 0.467. The molecule has 1 heteroatoms. The van der Waals surface area contributed by atoms with Crippen molar-refractivity contribution in [3.05, 3.63) is 34.2 Å². The van der Waals surface area contributed by atoms with Crippen molar-refractivity contribution in [3.63, 3.8) is 0 Å². The Bertz CT molecular complexity index is 497. The number of hydrogen-bond acceptors (Lipinski definition) is 1. The van der Waals surface area contributed by atoms with Crippen molar-refractivity contribution in [2.75, 3.05) is 6.61 Å². The fourth-order valence-corrected chi connectivity index (χ4v) is 2.48. The summed E-state index contributed by atoms with van der Waals surface area (Å²) in [7, 11) is 0. The quantitative estimate of drug-likeness (QED) is 0.647. The summed E-state index contributed by atoms with van der Waals surface area (Å²) in [6.45, 7) is 7.10. The first kappa shape index (κ1) is 11.3. The third-order valence-corrected chi connectivity index (χ3v) is 3.26. The summed E-state index contributed by atoms with van der Waals surface area (Å²) in [4.78, 5) is 0. The van der Waals surface area contributed by atoms with Crippen LogP contribution in [0, 0.1) is 0 Å². The van der Waals surface area contributed by atoms with E-state index >= 15 is 0 Å². The third kappa shape index (κ3) is 1.75. The highest BCUT2D eigenvalue weighted by molar-refractivity contribution is 5.55. The normalized spacial score (nSPS) is 16.9. The summed E-state index contributed by atoms with van der Waals surface area (Å²) < 4.78 is 5.74. The molecule has 2 aliphatic rings. The SMILES string of the molecule is CC.CC1=c2cccc3c2=C(CC1)OCC3. The summed E-state index contributed by atoms with van der Waals surface area (Å²) in [5.41, 5.74) is 2.99. The minimum Gasteiger partial charge on any atom is -0.497 e. The average Bonchev–Trinajstić information content (AvgIpc) is 2.37. The Morgan fingerprint density at radius 2 is 1.88 bits per heavy atom. The predicted octanol–water partition coefficient (Wildman–Crippen LogP) is 2.36. The van der Waals surface area contributed by atoms with E-state index in [0.717, 1.165) is 25.9 Å². The summed E-state index contributed by atoms with van der Waals surface area (Å²) in [6.07, 6.45) is 3.32. The standard InChI is InChI=1S/C13H14O.C2H6/c1-9-5-6-12-13-10(7-8-14-12)3-2-4-11(9)13;1-2/h2-4H,5-8H2,1H3;1-2H3. The van der Waals surface area contributed by atoms with E-state index in [9.17, 15) is 0 Å². The first-order valence-electron chi connectivity index (χ1n) is 6.30. The maximum atomic E-state index is 5.74. The Kier molecular flexibility index (Phi) is 3.33. The molecule has 1 aliphatic heterocycles. The average molecular weight is 216 g/mol. The predicted molar refractivity (Wildman–Crippen MR) is 68.4 cm³/mol. The van der Waals surface area contributed by atoms with Gasteiger partial charge in [-0.3, -0.25) is 0 Å². The van der Waals surface area contributed by atoms with E-state index in [-0.39, 0.29) is 0 Å². The Morgan fingerprint density at radius 1 is 1.06 bits per heavy atom. The molecule has 0 bridgehead atoms. The Morgan fingerprint density at radius 3 is 2.69 bits per heavy atom. The van der Waals surface area contributed by atoms with Gasteiger partial charge in [-0.15, -0.1) is 0 Å². The van der Waals surface area contributed by atoms with Crippen LogP contribution < -0.4 is 10.4 Å². The van der Waals surface area contributed by atoms with E-state index in [1.807, 2.05) is 13.8 Å². The van der Waals surface area contributed by atoms with Crippen LogP contribution in [0.4, 0.5) is 0 Å². The molecule has 16 heavy (non-hydrogen) atoms. The van der Waals surface area contributed by atoms with Crippen molar-refractivity contribution in [2.24, 2.45) is 0 Å². The molecular weight excluding hydrogens is 196 g/mol. The highest BCUT2D eigenvalue weighted by atomic mass is 16.5. The summed E-state index contributed by atoms with van der Waals surface area (Å²) in [5.74, 6) is 1.23. The molecule has 0 saturated carbocycles. The van der Waals surface area contributed by atoms with E-state index in [1.165, 1.54) is 27.3 Å². The van der Waals surface area contributed by atoms with Crippen LogP contribution in [0.1, 0.15) is 39.2 Å². The second-order valence-electron chi connectivity index (χ2n) is 4.14. The molecule has 0 aromatic heterocycles. The molecule has 3 rings (SSSR count). The molecule has 1 nitrogen and oxygen atoms in total. The Hall–Kier alpha value is -1.24. The lowest BCUT2D eigenvalue weighted by Gasteiger charge is -2.21. The largest absolute Gasteiger partial charge is 0.497 e. The zero-order valence-corrected chi connectivity index (χ0v) is 10.5. The molecule has 0 atom stereocenters. The molecule has 0 unspecified atom stereocenters. The number of ether oxygens (including phenoxy) is 1. The van der Waals surface area contributed by atoms with Gasteiger partial charge in [0.2, 0.25) is 0 Å². The molecule has 86 valence electrons. The summed E-state index contributed by atoms with van der Waals surface area (Å²) >= 11 is 0. The molecule has 1 aliphatic carbocycles. The van der Waals surface area contributed by atoms with E-state index in [4.69, 9.17) is 4.74 Å². The molecule has 0 N–H and O–H groups in total. The van der Waals surface area contributed by atoms with Crippen molar-refractivity contribution >= 4 is 11.3 Å². The van der Waals surface area contributed by atoms with Crippen molar-refractivity contribution in [2.45, 2.75) is 40.0 Å². The smallest absolute Gasteiger partial charge is 0.104 e. The number of benzene rings is 1. The summed E-state index contributed by atoms with van der Waals surface area (Å²) in [6, 6.07) is 6.63. The number of rotatable bonds is 0. The molecule has 0 fully saturated rings. The minimum absolute atomic E-state index is 0.866. The van der Waals surface area contributed by atoms with Crippen molar-refractivity contribution < 1.29 is 4.74 Å². The molecule has 0 amide bonds. The van der Waals surface area contributed by atoms with Gasteiger partial charge < -0.3 is 4.74 Å². The van der Waals surface area contributed by atoms with Gasteiger partial charge in [-0.25, -0.2) is 0 Å². The third-order valence-electron chi connectivity index (χ3n) is 3.26. The Balaban J connectivity index is 0.000000457. The lowest BCUT2D eigenvalue weighted by molar-refractivity contribution is 0.255. The van der Waals surface area contributed by atoms with Crippen LogP contribution in [0.25, 0.3) is 11.3 Å². The van der Waals surface area contributed by atoms with Gasteiger partial charge >= 0.3 is 0 Å². The first-order chi connectivity index (χ1) is 7.86. The lowest BCUT2D eigenvalue weighted by Crippen LogP contribution is -2.38. The van der Waals surface area contributed by atoms with Crippen molar-refractivity contribution in [1.29, 1.82) is 0 Å². The highest BCUT2D eigenvalue weighted by Crippen LogP contribution is 2.18. The maximum absolute atomic E-state index is 5.74. The molecule has 1 heterocycles. The van der Waals surface area contributed by atoms with Crippen LogP contribution in [0.3, 0.4) is 0 Å². The molecule has 0 radical (unpaired) electrons. The first-order valence-corrected chi connectivity index (χ1v) is 6.30. The van der Waals surface area contributed by atoms with Crippen molar-refractivity contribution in [3.8, 4) is 0 Å². The Labute approximate surface area is 97.4 Å². The lowest BCUT2D eigenvalue weighted by atomic mass is 9.94. The van der Waals surface area contributed by atoms with E-state index < -0.39 is 0 Å². The van der Waals surface area contributed by atoms with Crippen LogP contribution >= 0.6 is 0 Å².